The molecule has 0 unspecified atom stereocenters. The van der Waals surface area contributed by atoms with E-state index in [1.807, 2.05) is 13.8 Å². The van der Waals surface area contributed by atoms with Crippen molar-refractivity contribution in [1.29, 1.82) is 0 Å². The monoisotopic (exact) mass is 478 g/mol. The largest absolute Gasteiger partial charge is 0.748 e. The van der Waals surface area contributed by atoms with E-state index in [1.165, 1.54) is 12.8 Å². The minimum atomic E-state index is -4.59. The number of oxazole rings is 2. The van der Waals surface area contributed by atoms with Gasteiger partial charge in [0.15, 0.2) is 12.8 Å². The standard InChI is InChI=1S/2C6H8ClNO.C2H6O6S2/c2*1-5-6(2-3-7)9-4-8-5;3-9(4,5)1-2-10(6,7)8/h2*4H,2-3H2,1H3;1-2H2,(H,3,4,5)(H,6,7,8)/p-2. The first kappa shape index (κ1) is 26.8. The molecule has 0 spiro atoms. The van der Waals surface area contributed by atoms with Crippen LogP contribution in [0.2, 0.25) is 0 Å². The minimum Gasteiger partial charge on any atom is -0.748 e. The molecular weight excluding hydrogens is 459 g/mol. The molecule has 0 atom stereocenters. The van der Waals surface area contributed by atoms with Crippen LogP contribution in [0.5, 0.6) is 0 Å². The highest BCUT2D eigenvalue weighted by Crippen LogP contribution is 2.06. The topological polar surface area (TPSA) is 166 Å². The van der Waals surface area contributed by atoms with Crippen molar-refractivity contribution < 1.29 is 34.8 Å². The molecule has 2 aromatic heterocycles. The van der Waals surface area contributed by atoms with E-state index < -0.39 is 31.7 Å². The van der Waals surface area contributed by atoms with Gasteiger partial charge in [0.1, 0.15) is 11.5 Å². The summed E-state index contributed by atoms with van der Waals surface area (Å²) in [5.41, 5.74) is 1.88. The quantitative estimate of drug-likeness (QED) is 0.420. The number of halogens is 2. The highest BCUT2D eigenvalue weighted by molar-refractivity contribution is 7.89. The van der Waals surface area contributed by atoms with Gasteiger partial charge in [-0.3, -0.25) is 0 Å². The fourth-order valence-corrected chi connectivity index (χ4v) is 3.48. The first-order valence-corrected chi connectivity index (χ1v) is 11.9. The van der Waals surface area contributed by atoms with E-state index in [1.54, 1.807) is 0 Å². The number of aryl methyl sites for hydroxylation is 4. The average molecular weight is 479 g/mol. The summed E-state index contributed by atoms with van der Waals surface area (Å²) in [6.07, 6.45) is 4.43. The molecule has 2 rings (SSSR count). The van der Waals surface area contributed by atoms with Gasteiger partial charge in [-0.25, -0.2) is 26.8 Å². The zero-order valence-electron chi connectivity index (χ0n) is 15.1. The number of nitrogens with zero attached hydrogens (tertiary/aromatic N) is 2. The lowest BCUT2D eigenvalue weighted by Crippen LogP contribution is -2.15. The summed E-state index contributed by atoms with van der Waals surface area (Å²) in [7, 11) is -9.17. The molecule has 2 heterocycles. The Hall–Kier alpha value is -1.18. The normalized spacial score (nSPS) is 11.2. The second kappa shape index (κ2) is 13.1. The highest BCUT2D eigenvalue weighted by atomic mass is 35.5. The molecule has 0 fully saturated rings. The van der Waals surface area contributed by atoms with Gasteiger partial charge in [0.2, 0.25) is 0 Å². The highest BCUT2D eigenvalue weighted by Gasteiger charge is 2.01. The molecule has 0 N–H and O–H groups in total. The van der Waals surface area contributed by atoms with Crippen LogP contribution in [0.25, 0.3) is 0 Å². The van der Waals surface area contributed by atoms with Gasteiger partial charge in [-0.2, -0.15) is 0 Å². The smallest absolute Gasteiger partial charge is 0.181 e. The lowest BCUT2D eigenvalue weighted by atomic mass is 10.3. The van der Waals surface area contributed by atoms with Crippen LogP contribution in [0.3, 0.4) is 0 Å². The van der Waals surface area contributed by atoms with Crippen molar-refractivity contribution in [2.45, 2.75) is 26.7 Å². The van der Waals surface area contributed by atoms with E-state index in [4.69, 9.17) is 32.0 Å². The molecule has 0 bridgehead atoms. The zero-order valence-corrected chi connectivity index (χ0v) is 18.3. The molecule has 0 amide bonds. The lowest BCUT2D eigenvalue weighted by molar-refractivity contribution is 0.452. The van der Waals surface area contributed by atoms with Crippen molar-refractivity contribution in [3.63, 3.8) is 0 Å². The molecule has 0 aromatic carbocycles. The van der Waals surface area contributed by atoms with E-state index in [-0.39, 0.29) is 0 Å². The molecule has 0 radical (unpaired) electrons. The third-order valence-electron chi connectivity index (χ3n) is 2.92. The van der Waals surface area contributed by atoms with Crippen molar-refractivity contribution in [1.82, 2.24) is 9.97 Å². The summed E-state index contributed by atoms with van der Waals surface area (Å²) in [5.74, 6) is 0.666. The molecule has 0 aliphatic heterocycles. The van der Waals surface area contributed by atoms with Gasteiger partial charge in [0.05, 0.1) is 43.1 Å². The summed E-state index contributed by atoms with van der Waals surface area (Å²) in [4.78, 5) is 7.82. The Morgan fingerprint density at radius 3 is 1.32 bits per heavy atom. The van der Waals surface area contributed by atoms with E-state index in [2.05, 4.69) is 9.97 Å². The van der Waals surface area contributed by atoms with E-state index in [0.717, 1.165) is 35.7 Å². The number of rotatable bonds is 7. The van der Waals surface area contributed by atoms with Crippen LogP contribution in [0.15, 0.2) is 21.6 Å². The summed E-state index contributed by atoms with van der Waals surface area (Å²) in [6, 6.07) is 0. The van der Waals surface area contributed by atoms with Gasteiger partial charge in [0, 0.05) is 24.6 Å². The molecule has 10 nitrogen and oxygen atoms in total. The first-order chi connectivity index (χ1) is 12.9. The van der Waals surface area contributed by atoms with Gasteiger partial charge in [0.25, 0.3) is 0 Å². The minimum absolute atomic E-state index is 0.593. The molecule has 0 saturated heterocycles. The third-order valence-corrected chi connectivity index (χ3v) is 4.96. The summed E-state index contributed by atoms with van der Waals surface area (Å²) in [6.45, 7) is 3.82. The number of aromatic nitrogens is 2. The van der Waals surface area contributed by atoms with Gasteiger partial charge >= 0.3 is 0 Å². The Labute approximate surface area is 173 Å². The molecule has 14 heteroatoms. The van der Waals surface area contributed by atoms with E-state index in [9.17, 15) is 25.9 Å². The van der Waals surface area contributed by atoms with E-state index in [0.29, 0.717) is 11.8 Å². The third kappa shape index (κ3) is 13.9. The van der Waals surface area contributed by atoms with Crippen molar-refractivity contribution in [2.75, 3.05) is 23.3 Å². The van der Waals surface area contributed by atoms with Crippen molar-refractivity contribution in [3.05, 3.63) is 35.7 Å². The SMILES string of the molecule is Cc1ncoc1CCCl.Cc1ncoc1CCCl.O=S(=O)([O-])CCS(=O)(=O)[O-]. The van der Waals surface area contributed by atoms with Gasteiger partial charge in [-0.1, -0.05) is 0 Å². The fourth-order valence-electron chi connectivity index (χ4n) is 1.51. The molecule has 0 saturated carbocycles. The Balaban J connectivity index is 0.000000391. The predicted octanol–water partition coefficient (Wildman–Crippen LogP) is 1.61. The summed E-state index contributed by atoms with van der Waals surface area (Å²) >= 11 is 11.0. The molecule has 162 valence electrons. The molecule has 0 aliphatic rings. The Kier molecular flexibility index (Phi) is 12.6. The maximum atomic E-state index is 9.72. The molecular formula is C14H20Cl2N2O8S2-2. The first-order valence-electron chi connectivity index (χ1n) is 7.66. The summed E-state index contributed by atoms with van der Waals surface area (Å²) < 4.78 is 68.3. The molecule has 2 aromatic rings. The summed E-state index contributed by atoms with van der Waals surface area (Å²) in [5, 5.41) is 0. The Morgan fingerprint density at radius 2 is 1.14 bits per heavy atom. The van der Waals surface area contributed by atoms with Crippen molar-refractivity contribution >= 4 is 43.4 Å². The van der Waals surface area contributed by atoms with E-state index >= 15 is 0 Å². The average Bonchev–Trinajstić information content (AvgIpc) is 3.16. The molecule has 28 heavy (non-hydrogen) atoms. The van der Waals surface area contributed by atoms with Crippen LogP contribution >= 0.6 is 23.2 Å². The number of alkyl halides is 2. The number of hydrogen-bond donors (Lipinski definition) is 0. The van der Waals surface area contributed by atoms with Crippen LogP contribution in [0.1, 0.15) is 22.9 Å². The van der Waals surface area contributed by atoms with Crippen LogP contribution in [-0.4, -0.2) is 59.2 Å². The second-order valence-corrected chi connectivity index (χ2v) is 8.93. The zero-order chi connectivity index (χ0) is 21.8. The maximum absolute atomic E-state index is 9.72. The predicted molar refractivity (Wildman–Crippen MR) is 100 cm³/mol. The van der Waals surface area contributed by atoms with Crippen molar-refractivity contribution in [3.8, 4) is 0 Å². The van der Waals surface area contributed by atoms with Crippen LogP contribution in [0, 0.1) is 13.8 Å². The van der Waals surface area contributed by atoms with Crippen LogP contribution in [-0.2, 0) is 33.1 Å². The van der Waals surface area contributed by atoms with Crippen LogP contribution in [0.4, 0.5) is 0 Å². The molecule has 0 aliphatic carbocycles. The van der Waals surface area contributed by atoms with Crippen LogP contribution < -0.4 is 0 Å². The second-order valence-electron chi connectivity index (χ2n) is 5.12. The maximum Gasteiger partial charge on any atom is 0.181 e. The number of hydrogen-bond acceptors (Lipinski definition) is 10. The Bertz CT molecular complexity index is 820. The Morgan fingerprint density at radius 1 is 0.821 bits per heavy atom. The van der Waals surface area contributed by atoms with Gasteiger partial charge in [-0.15, -0.1) is 23.2 Å². The van der Waals surface area contributed by atoms with Gasteiger partial charge in [-0.05, 0) is 13.8 Å². The van der Waals surface area contributed by atoms with Crippen molar-refractivity contribution in [2.24, 2.45) is 0 Å². The lowest BCUT2D eigenvalue weighted by Gasteiger charge is -2.08. The van der Waals surface area contributed by atoms with Gasteiger partial charge < -0.3 is 17.9 Å². The fraction of sp³-hybridized carbons (Fsp3) is 0.571.